The van der Waals surface area contributed by atoms with Crippen molar-refractivity contribution in [1.29, 1.82) is 0 Å². The summed E-state index contributed by atoms with van der Waals surface area (Å²) in [7, 11) is 0. The Morgan fingerprint density at radius 3 is 2.76 bits per heavy atom. The summed E-state index contributed by atoms with van der Waals surface area (Å²) < 4.78 is 26.2. The van der Waals surface area contributed by atoms with Gasteiger partial charge < -0.3 is 20.6 Å². The van der Waals surface area contributed by atoms with Crippen LogP contribution in [0, 0.1) is 5.82 Å². The van der Waals surface area contributed by atoms with Gasteiger partial charge in [0.15, 0.2) is 17.3 Å². The van der Waals surface area contributed by atoms with Crippen molar-refractivity contribution in [2.75, 3.05) is 24.4 Å². The molecule has 1 aliphatic rings. The molecule has 1 atom stereocenters. The molecule has 0 bridgehead atoms. The molecular formula is C19H18FN5O3S. The third-order valence-corrected chi connectivity index (χ3v) is 5.30. The van der Waals surface area contributed by atoms with Gasteiger partial charge in [0.05, 0.1) is 10.8 Å². The maximum atomic E-state index is 14.0. The van der Waals surface area contributed by atoms with E-state index in [9.17, 15) is 9.18 Å². The lowest BCUT2D eigenvalue weighted by Crippen LogP contribution is -2.24. The molecule has 1 amide bonds. The van der Waals surface area contributed by atoms with Crippen molar-refractivity contribution in [3.63, 3.8) is 0 Å². The zero-order chi connectivity index (χ0) is 20.4. The summed E-state index contributed by atoms with van der Waals surface area (Å²) in [5, 5.41) is 10.5. The summed E-state index contributed by atoms with van der Waals surface area (Å²) in [5.41, 5.74) is 0.829. The fourth-order valence-electron chi connectivity index (χ4n) is 2.76. The highest BCUT2D eigenvalue weighted by Crippen LogP contribution is 2.33. The lowest BCUT2D eigenvalue weighted by Gasteiger charge is -2.19. The molecule has 0 fully saturated rings. The van der Waals surface area contributed by atoms with E-state index in [4.69, 9.17) is 15.3 Å². The molecule has 0 aliphatic carbocycles. The van der Waals surface area contributed by atoms with Crippen molar-refractivity contribution in [1.82, 2.24) is 14.9 Å². The van der Waals surface area contributed by atoms with Gasteiger partial charge >= 0.3 is 0 Å². The van der Waals surface area contributed by atoms with Crippen molar-refractivity contribution in [2.45, 2.75) is 17.3 Å². The Bertz CT molecular complexity index is 1060. The van der Waals surface area contributed by atoms with E-state index >= 15 is 0 Å². The van der Waals surface area contributed by atoms with E-state index in [2.05, 4.69) is 15.5 Å². The smallest absolute Gasteiger partial charge is 0.237 e. The summed E-state index contributed by atoms with van der Waals surface area (Å²) >= 11 is 1.12. The molecule has 3 aromatic rings. The molecule has 10 heteroatoms. The third-order valence-electron chi connectivity index (χ3n) is 4.24. The fourth-order valence-corrected chi connectivity index (χ4v) is 3.53. The first-order valence-corrected chi connectivity index (χ1v) is 9.73. The molecular weight excluding hydrogens is 397 g/mol. The van der Waals surface area contributed by atoms with Crippen molar-refractivity contribution in [3.05, 3.63) is 48.3 Å². The minimum atomic E-state index is -0.525. The monoisotopic (exact) mass is 415 g/mol. The Kier molecular flexibility index (Phi) is 5.26. The average molecular weight is 415 g/mol. The Morgan fingerprint density at radius 2 is 1.97 bits per heavy atom. The number of hydrogen-bond donors (Lipinski definition) is 2. The number of carbonyl (C=O) groups is 1. The van der Waals surface area contributed by atoms with E-state index in [0.717, 1.165) is 11.8 Å². The molecule has 8 nitrogen and oxygen atoms in total. The van der Waals surface area contributed by atoms with Gasteiger partial charge in [0.1, 0.15) is 19.0 Å². The summed E-state index contributed by atoms with van der Waals surface area (Å²) in [6.45, 7) is 2.68. The van der Waals surface area contributed by atoms with Crippen LogP contribution in [0.15, 0.2) is 47.6 Å². The standard InChI is InChI=1S/C19H18FN5O3S/c1-11(18(26)22-12-6-7-15-16(10-12)28-9-8-27-15)29-19-24-23-17(25(19)21)13-4-2-3-5-14(13)20/h2-7,10-11H,8-9,21H2,1H3,(H,22,26)/t11-/m1/s1. The molecule has 3 N–H and O–H groups in total. The lowest BCUT2D eigenvalue weighted by molar-refractivity contribution is -0.115. The number of hydrogen-bond acceptors (Lipinski definition) is 7. The Balaban J connectivity index is 1.45. The van der Waals surface area contributed by atoms with E-state index in [0.29, 0.717) is 35.6 Å². The number of fused-ring (bicyclic) bond motifs is 1. The van der Waals surface area contributed by atoms with Crippen molar-refractivity contribution in [2.24, 2.45) is 0 Å². The van der Waals surface area contributed by atoms with Gasteiger partial charge in [0.25, 0.3) is 0 Å². The summed E-state index contributed by atoms with van der Waals surface area (Å²) in [5.74, 6) is 6.74. The van der Waals surface area contributed by atoms with Crippen LogP contribution in [0.5, 0.6) is 11.5 Å². The molecule has 0 saturated heterocycles. The van der Waals surface area contributed by atoms with Gasteiger partial charge in [-0.05, 0) is 31.2 Å². The first-order chi connectivity index (χ1) is 14.0. The minimum absolute atomic E-state index is 0.185. The number of carbonyl (C=O) groups excluding carboxylic acids is 1. The van der Waals surface area contributed by atoms with Crippen LogP contribution < -0.4 is 20.6 Å². The SMILES string of the molecule is C[C@@H](Sc1nnc(-c2ccccc2F)n1N)C(=O)Nc1ccc2c(c1)OCCO2. The molecule has 1 aromatic heterocycles. The van der Waals surface area contributed by atoms with E-state index < -0.39 is 11.1 Å². The third kappa shape index (κ3) is 3.97. The van der Waals surface area contributed by atoms with Gasteiger partial charge in [-0.3, -0.25) is 4.79 Å². The number of nitrogens with zero attached hydrogens (tertiary/aromatic N) is 3. The van der Waals surface area contributed by atoms with E-state index in [1.165, 1.54) is 10.7 Å². The number of amides is 1. The van der Waals surface area contributed by atoms with Gasteiger partial charge in [-0.1, -0.05) is 23.9 Å². The number of aromatic nitrogens is 3. The van der Waals surface area contributed by atoms with Crippen LogP contribution in [0.2, 0.25) is 0 Å². The molecule has 4 rings (SSSR count). The summed E-state index contributed by atoms with van der Waals surface area (Å²) in [6, 6.07) is 11.4. The zero-order valence-electron chi connectivity index (χ0n) is 15.5. The first-order valence-electron chi connectivity index (χ1n) is 8.85. The van der Waals surface area contributed by atoms with Gasteiger partial charge in [-0.25, -0.2) is 9.07 Å². The zero-order valence-corrected chi connectivity index (χ0v) is 16.3. The number of ether oxygens (including phenoxy) is 2. The second kappa shape index (κ2) is 8.00. The number of nitrogens with one attached hydrogen (secondary N) is 1. The predicted octanol–water partition coefficient (Wildman–Crippen LogP) is 2.69. The summed E-state index contributed by atoms with van der Waals surface area (Å²) in [6.07, 6.45) is 0. The molecule has 29 heavy (non-hydrogen) atoms. The second-order valence-electron chi connectivity index (χ2n) is 6.26. The fraction of sp³-hybridized carbons (Fsp3) is 0.211. The molecule has 1 aliphatic heterocycles. The second-order valence-corrected chi connectivity index (χ2v) is 7.57. The van der Waals surface area contributed by atoms with Crippen LogP contribution >= 0.6 is 11.8 Å². The Morgan fingerprint density at radius 1 is 1.21 bits per heavy atom. The molecule has 0 saturated carbocycles. The summed E-state index contributed by atoms with van der Waals surface area (Å²) in [4.78, 5) is 12.6. The van der Waals surface area contributed by atoms with Gasteiger partial charge in [-0.15, -0.1) is 10.2 Å². The van der Waals surface area contributed by atoms with Crippen molar-refractivity contribution >= 4 is 23.4 Å². The van der Waals surface area contributed by atoms with Crippen LogP contribution in [-0.4, -0.2) is 39.2 Å². The highest BCUT2D eigenvalue weighted by Gasteiger charge is 2.22. The highest BCUT2D eigenvalue weighted by atomic mass is 32.2. The Labute approximate surface area is 170 Å². The lowest BCUT2D eigenvalue weighted by atomic mass is 10.2. The van der Waals surface area contributed by atoms with Crippen molar-refractivity contribution < 1.29 is 18.7 Å². The normalized spacial score (nSPS) is 13.7. The van der Waals surface area contributed by atoms with Gasteiger partial charge in [-0.2, -0.15) is 0 Å². The number of halogens is 1. The molecule has 2 aromatic carbocycles. The number of rotatable bonds is 5. The first kappa shape index (κ1) is 19.1. The van der Waals surface area contributed by atoms with E-state index in [-0.39, 0.29) is 17.3 Å². The molecule has 0 radical (unpaired) electrons. The van der Waals surface area contributed by atoms with E-state index in [1.54, 1.807) is 43.3 Å². The number of anilines is 1. The number of benzene rings is 2. The molecule has 0 spiro atoms. The van der Waals surface area contributed by atoms with Crippen LogP contribution in [0.25, 0.3) is 11.4 Å². The average Bonchev–Trinajstić information content (AvgIpc) is 3.08. The predicted molar refractivity (Wildman–Crippen MR) is 107 cm³/mol. The van der Waals surface area contributed by atoms with Gasteiger partial charge in [0, 0.05) is 11.8 Å². The van der Waals surface area contributed by atoms with Crippen LogP contribution in [0.3, 0.4) is 0 Å². The van der Waals surface area contributed by atoms with Gasteiger partial charge in [0.2, 0.25) is 11.1 Å². The molecule has 150 valence electrons. The maximum absolute atomic E-state index is 14.0. The van der Waals surface area contributed by atoms with Crippen LogP contribution in [0.4, 0.5) is 10.1 Å². The van der Waals surface area contributed by atoms with Crippen LogP contribution in [0.1, 0.15) is 6.92 Å². The minimum Gasteiger partial charge on any atom is -0.486 e. The van der Waals surface area contributed by atoms with Crippen LogP contribution in [-0.2, 0) is 4.79 Å². The maximum Gasteiger partial charge on any atom is 0.237 e. The number of thioether (sulfide) groups is 1. The van der Waals surface area contributed by atoms with E-state index in [1.807, 2.05) is 0 Å². The topological polar surface area (TPSA) is 104 Å². The highest BCUT2D eigenvalue weighted by molar-refractivity contribution is 8.00. The number of nitrogen functional groups attached to an aromatic ring is 1. The molecule has 2 heterocycles. The van der Waals surface area contributed by atoms with Crippen molar-refractivity contribution in [3.8, 4) is 22.9 Å². The Hall–Kier alpha value is -3.27. The number of nitrogens with two attached hydrogens (primary N) is 1. The quantitative estimate of drug-likeness (QED) is 0.488. The largest absolute Gasteiger partial charge is 0.486 e. The molecule has 0 unspecified atom stereocenters.